The number of carboxylic acid groups (broad SMARTS) is 1. The SMILES string of the molecule is O=C(O)c1cncc(OCc2nnnn2C2CC2)c1. The second-order valence-corrected chi connectivity index (χ2v) is 4.27. The van der Waals surface area contributed by atoms with Crippen LogP contribution < -0.4 is 4.74 Å². The zero-order chi connectivity index (χ0) is 13.2. The quantitative estimate of drug-likeness (QED) is 0.843. The molecule has 2 aromatic heterocycles. The highest BCUT2D eigenvalue weighted by atomic mass is 16.5. The molecule has 1 saturated carbocycles. The molecule has 2 aromatic rings. The minimum atomic E-state index is -1.04. The number of tetrazole rings is 1. The zero-order valence-corrected chi connectivity index (χ0v) is 9.93. The van der Waals surface area contributed by atoms with Gasteiger partial charge in [-0.15, -0.1) is 5.10 Å². The van der Waals surface area contributed by atoms with E-state index in [1.807, 2.05) is 0 Å². The third-order valence-corrected chi connectivity index (χ3v) is 2.78. The van der Waals surface area contributed by atoms with Gasteiger partial charge in [0.25, 0.3) is 0 Å². The summed E-state index contributed by atoms with van der Waals surface area (Å²) in [4.78, 5) is 14.6. The highest BCUT2D eigenvalue weighted by Crippen LogP contribution is 2.34. The third kappa shape index (κ3) is 2.51. The van der Waals surface area contributed by atoms with Gasteiger partial charge in [0, 0.05) is 6.20 Å². The lowest BCUT2D eigenvalue weighted by Crippen LogP contribution is -2.07. The summed E-state index contributed by atoms with van der Waals surface area (Å²) < 4.78 is 7.22. The predicted molar refractivity (Wildman–Crippen MR) is 61.6 cm³/mol. The minimum absolute atomic E-state index is 0.0827. The van der Waals surface area contributed by atoms with Crippen molar-refractivity contribution in [2.45, 2.75) is 25.5 Å². The van der Waals surface area contributed by atoms with Crippen molar-refractivity contribution in [1.82, 2.24) is 25.2 Å². The topological polar surface area (TPSA) is 103 Å². The number of pyridine rings is 1. The summed E-state index contributed by atoms with van der Waals surface area (Å²) >= 11 is 0. The summed E-state index contributed by atoms with van der Waals surface area (Å²) in [5.74, 6) is -0.0331. The summed E-state index contributed by atoms with van der Waals surface area (Å²) in [7, 11) is 0. The van der Waals surface area contributed by atoms with Crippen LogP contribution in [-0.4, -0.2) is 36.3 Å². The van der Waals surface area contributed by atoms with Crippen LogP contribution in [0.4, 0.5) is 0 Å². The molecule has 1 N–H and O–H groups in total. The maximum atomic E-state index is 10.8. The first kappa shape index (κ1) is 11.6. The van der Waals surface area contributed by atoms with Crippen LogP contribution in [0, 0.1) is 0 Å². The van der Waals surface area contributed by atoms with Gasteiger partial charge in [0.15, 0.2) is 5.82 Å². The number of rotatable bonds is 5. The van der Waals surface area contributed by atoms with Crippen molar-refractivity contribution >= 4 is 5.97 Å². The maximum Gasteiger partial charge on any atom is 0.337 e. The highest BCUT2D eigenvalue weighted by molar-refractivity contribution is 5.87. The molecule has 98 valence electrons. The van der Waals surface area contributed by atoms with Gasteiger partial charge in [0.05, 0.1) is 17.8 Å². The number of hydrogen-bond donors (Lipinski definition) is 1. The van der Waals surface area contributed by atoms with Gasteiger partial charge < -0.3 is 9.84 Å². The molecule has 1 fully saturated rings. The molecule has 2 heterocycles. The van der Waals surface area contributed by atoms with Gasteiger partial charge in [-0.2, -0.15) is 0 Å². The van der Waals surface area contributed by atoms with Gasteiger partial charge in [-0.3, -0.25) is 4.98 Å². The molecule has 1 aliphatic rings. The monoisotopic (exact) mass is 261 g/mol. The van der Waals surface area contributed by atoms with Crippen LogP contribution in [0.2, 0.25) is 0 Å². The van der Waals surface area contributed by atoms with Crippen molar-refractivity contribution in [3.05, 3.63) is 29.8 Å². The summed E-state index contributed by atoms with van der Waals surface area (Å²) in [6, 6.07) is 1.79. The fourth-order valence-electron chi connectivity index (χ4n) is 1.67. The van der Waals surface area contributed by atoms with Crippen LogP contribution in [0.5, 0.6) is 5.75 Å². The Morgan fingerprint density at radius 3 is 3.05 bits per heavy atom. The molecular formula is C11H11N5O3. The fraction of sp³-hybridized carbons (Fsp3) is 0.364. The van der Waals surface area contributed by atoms with Gasteiger partial charge in [-0.05, 0) is 29.3 Å². The van der Waals surface area contributed by atoms with Crippen LogP contribution >= 0.6 is 0 Å². The molecule has 0 amide bonds. The lowest BCUT2D eigenvalue weighted by atomic mass is 10.3. The Bertz CT molecular complexity index is 608. The second kappa shape index (κ2) is 4.63. The average molecular weight is 261 g/mol. The van der Waals surface area contributed by atoms with E-state index in [1.54, 1.807) is 4.68 Å². The molecule has 0 aromatic carbocycles. The Morgan fingerprint density at radius 1 is 1.47 bits per heavy atom. The molecule has 0 spiro atoms. The second-order valence-electron chi connectivity index (χ2n) is 4.27. The van der Waals surface area contributed by atoms with Crippen LogP contribution in [-0.2, 0) is 6.61 Å². The smallest absolute Gasteiger partial charge is 0.337 e. The van der Waals surface area contributed by atoms with E-state index in [1.165, 1.54) is 18.5 Å². The van der Waals surface area contributed by atoms with E-state index in [0.717, 1.165) is 12.8 Å². The van der Waals surface area contributed by atoms with E-state index in [0.29, 0.717) is 17.6 Å². The van der Waals surface area contributed by atoms with Crippen molar-refractivity contribution in [3.8, 4) is 5.75 Å². The fourth-order valence-corrected chi connectivity index (χ4v) is 1.67. The van der Waals surface area contributed by atoms with Gasteiger partial charge >= 0.3 is 5.97 Å². The van der Waals surface area contributed by atoms with Crippen molar-refractivity contribution in [1.29, 1.82) is 0 Å². The zero-order valence-electron chi connectivity index (χ0n) is 9.93. The Hall–Kier alpha value is -2.51. The van der Waals surface area contributed by atoms with Crippen LogP contribution in [0.3, 0.4) is 0 Å². The minimum Gasteiger partial charge on any atom is -0.484 e. The van der Waals surface area contributed by atoms with Crippen LogP contribution in [0.25, 0.3) is 0 Å². The predicted octanol–water partition coefficient (Wildman–Crippen LogP) is 0.680. The number of aromatic nitrogens is 5. The van der Waals surface area contributed by atoms with E-state index in [9.17, 15) is 4.79 Å². The molecule has 3 rings (SSSR count). The average Bonchev–Trinajstić information content (AvgIpc) is 3.16. The lowest BCUT2D eigenvalue weighted by molar-refractivity contribution is 0.0696. The molecule has 8 heteroatoms. The highest BCUT2D eigenvalue weighted by Gasteiger charge is 2.27. The van der Waals surface area contributed by atoms with E-state index in [2.05, 4.69) is 20.5 Å². The molecule has 1 aliphatic carbocycles. The molecule has 0 unspecified atom stereocenters. The number of aromatic carboxylic acids is 1. The first-order valence-corrected chi connectivity index (χ1v) is 5.82. The van der Waals surface area contributed by atoms with Crippen molar-refractivity contribution < 1.29 is 14.6 Å². The Balaban J connectivity index is 1.70. The van der Waals surface area contributed by atoms with Gasteiger partial charge in [-0.1, -0.05) is 0 Å². The lowest BCUT2D eigenvalue weighted by Gasteiger charge is -2.06. The van der Waals surface area contributed by atoms with E-state index in [4.69, 9.17) is 9.84 Å². The maximum absolute atomic E-state index is 10.8. The Kier molecular flexibility index (Phi) is 2.82. The molecule has 0 saturated heterocycles. The van der Waals surface area contributed by atoms with Gasteiger partial charge in [-0.25, -0.2) is 9.48 Å². The summed E-state index contributed by atoms with van der Waals surface area (Å²) in [6.45, 7) is 0.189. The summed E-state index contributed by atoms with van der Waals surface area (Å²) in [6.07, 6.45) is 4.88. The molecule has 8 nitrogen and oxygen atoms in total. The number of ether oxygens (including phenoxy) is 1. The molecule has 0 aliphatic heterocycles. The summed E-state index contributed by atoms with van der Waals surface area (Å²) in [5.41, 5.74) is 0.0827. The van der Waals surface area contributed by atoms with Crippen molar-refractivity contribution in [2.75, 3.05) is 0 Å². The summed E-state index contributed by atoms with van der Waals surface area (Å²) in [5, 5.41) is 20.3. The number of carbonyl (C=O) groups is 1. The number of carboxylic acids is 1. The molecule has 19 heavy (non-hydrogen) atoms. The number of nitrogens with zero attached hydrogens (tertiary/aromatic N) is 5. The van der Waals surface area contributed by atoms with Gasteiger partial charge in [0.2, 0.25) is 0 Å². The van der Waals surface area contributed by atoms with Crippen molar-refractivity contribution in [3.63, 3.8) is 0 Å². The van der Waals surface area contributed by atoms with Crippen molar-refractivity contribution in [2.24, 2.45) is 0 Å². The largest absolute Gasteiger partial charge is 0.484 e. The van der Waals surface area contributed by atoms with E-state index >= 15 is 0 Å². The Morgan fingerprint density at radius 2 is 2.32 bits per heavy atom. The van der Waals surface area contributed by atoms with Gasteiger partial charge in [0.1, 0.15) is 12.4 Å². The molecule has 0 radical (unpaired) electrons. The standard InChI is InChI=1S/C11H11N5O3/c17-11(18)7-3-9(5-12-4-7)19-6-10-13-14-15-16(10)8-1-2-8/h3-5,8H,1-2,6H2,(H,17,18). The third-order valence-electron chi connectivity index (χ3n) is 2.78. The normalized spacial score (nSPS) is 14.3. The molecule has 0 bridgehead atoms. The van der Waals surface area contributed by atoms with Crippen LogP contribution in [0.15, 0.2) is 18.5 Å². The molecule has 0 atom stereocenters. The number of hydrogen-bond acceptors (Lipinski definition) is 6. The van der Waals surface area contributed by atoms with E-state index in [-0.39, 0.29) is 12.2 Å². The van der Waals surface area contributed by atoms with Crippen LogP contribution in [0.1, 0.15) is 35.1 Å². The first-order chi connectivity index (χ1) is 9.24. The first-order valence-electron chi connectivity index (χ1n) is 5.82. The molecular weight excluding hydrogens is 250 g/mol. The Labute approximate surface area is 108 Å². The van der Waals surface area contributed by atoms with E-state index < -0.39 is 5.97 Å².